The van der Waals surface area contributed by atoms with E-state index < -0.39 is 0 Å². The lowest BCUT2D eigenvalue weighted by Gasteiger charge is -2.23. The second-order valence-electron chi connectivity index (χ2n) is 5.09. The van der Waals surface area contributed by atoms with E-state index in [0.717, 1.165) is 25.1 Å². The van der Waals surface area contributed by atoms with Gasteiger partial charge in [-0.2, -0.15) is 0 Å². The van der Waals surface area contributed by atoms with Gasteiger partial charge in [-0.25, -0.2) is 0 Å². The topological polar surface area (TPSA) is 55.6 Å². The van der Waals surface area contributed by atoms with E-state index in [-0.39, 0.29) is 11.3 Å². The number of benzene rings is 1. The number of carbonyl (C=O) groups excluding carboxylic acids is 1. The number of amides is 1. The van der Waals surface area contributed by atoms with Gasteiger partial charge in [-0.05, 0) is 43.7 Å². The summed E-state index contributed by atoms with van der Waals surface area (Å²) < 4.78 is 5.08. The standard InChI is InChI=1S/C14H20N2O2/c1-16(10-14(9-15)7-8-14)13(17)11-3-5-12(18-2)6-4-11/h3-6H,7-10,15H2,1-2H3. The third-order valence-corrected chi connectivity index (χ3v) is 3.65. The summed E-state index contributed by atoms with van der Waals surface area (Å²) in [5.41, 5.74) is 6.60. The number of hydrogen-bond acceptors (Lipinski definition) is 3. The summed E-state index contributed by atoms with van der Waals surface area (Å²) in [7, 11) is 3.45. The molecule has 0 radical (unpaired) electrons. The molecule has 0 heterocycles. The van der Waals surface area contributed by atoms with Gasteiger partial charge in [0.2, 0.25) is 0 Å². The van der Waals surface area contributed by atoms with Crippen LogP contribution in [0.2, 0.25) is 0 Å². The fraction of sp³-hybridized carbons (Fsp3) is 0.500. The van der Waals surface area contributed by atoms with Crippen LogP contribution in [0, 0.1) is 5.41 Å². The first-order valence-electron chi connectivity index (χ1n) is 6.20. The minimum atomic E-state index is 0.0392. The van der Waals surface area contributed by atoms with Crippen LogP contribution in [0.15, 0.2) is 24.3 Å². The summed E-state index contributed by atoms with van der Waals surface area (Å²) in [5, 5.41) is 0. The summed E-state index contributed by atoms with van der Waals surface area (Å²) >= 11 is 0. The molecule has 0 aromatic heterocycles. The molecule has 4 nitrogen and oxygen atoms in total. The molecule has 2 rings (SSSR count). The fourth-order valence-corrected chi connectivity index (χ4v) is 2.13. The predicted molar refractivity (Wildman–Crippen MR) is 70.7 cm³/mol. The van der Waals surface area contributed by atoms with Crippen LogP contribution in [0.4, 0.5) is 0 Å². The third-order valence-electron chi connectivity index (χ3n) is 3.65. The molecule has 2 N–H and O–H groups in total. The van der Waals surface area contributed by atoms with Crippen molar-refractivity contribution in [3.63, 3.8) is 0 Å². The fourth-order valence-electron chi connectivity index (χ4n) is 2.13. The molecule has 0 aliphatic heterocycles. The quantitative estimate of drug-likeness (QED) is 0.859. The van der Waals surface area contributed by atoms with Crippen molar-refractivity contribution in [3.05, 3.63) is 29.8 Å². The molecule has 0 unspecified atom stereocenters. The first-order valence-corrected chi connectivity index (χ1v) is 6.20. The van der Waals surface area contributed by atoms with Gasteiger partial charge in [0.05, 0.1) is 7.11 Å². The van der Waals surface area contributed by atoms with E-state index in [2.05, 4.69) is 0 Å². The zero-order valence-electron chi connectivity index (χ0n) is 11.0. The normalized spacial score (nSPS) is 16.2. The highest BCUT2D eigenvalue weighted by molar-refractivity contribution is 5.94. The van der Waals surface area contributed by atoms with Crippen LogP contribution in [-0.2, 0) is 0 Å². The van der Waals surface area contributed by atoms with Gasteiger partial charge in [-0.1, -0.05) is 0 Å². The maximum absolute atomic E-state index is 12.2. The monoisotopic (exact) mass is 248 g/mol. The Morgan fingerprint density at radius 2 is 2.00 bits per heavy atom. The number of ether oxygens (including phenoxy) is 1. The molecule has 1 aliphatic carbocycles. The highest BCUT2D eigenvalue weighted by Crippen LogP contribution is 2.45. The van der Waals surface area contributed by atoms with Crippen LogP contribution >= 0.6 is 0 Å². The van der Waals surface area contributed by atoms with Crippen molar-refractivity contribution in [1.29, 1.82) is 0 Å². The molecule has 0 atom stereocenters. The second-order valence-corrected chi connectivity index (χ2v) is 5.09. The Hall–Kier alpha value is -1.55. The smallest absolute Gasteiger partial charge is 0.253 e. The van der Waals surface area contributed by atoms with Crippen LogP contribution in [0.3, 0.4) is 0 Å². The first-order chi connectivity index (χ1) is 8.60. The molecule has 18 heavy (non-hydrogen) atoms. The molecule has 98 valence electrons. The summed E-state index contributed by atoms with van der Waals surface area (Å²) in [5.74, 6) is 0.798. The maximum Gasteiger partial charge on any atom is 0.253 e. The predicted octanol–water partition coefficient (Wildman–Crippen LogP) is 1.51. The lowest BCUT2D eigenvalue weighted by atomic mass is 10.1. The van der Waals surface area contributed by atoms with Crippen LogP contribution < -0.4 is 10.5 Å². The van der Waals surface area contributed by atoms with Gasteiger partial charge < -0.3 is 15.4 Å². The summed E-state index contributed by atoms with van der Waals surface area (Å²) in [6.07, 6.45) is 2.26. The van der Waals surface area contributed by atoms with Gasteiger partial charge in [0.15, 0.2) is 0 Å². The zero-order valence-corrected chi connectivity index (χ0v) is 11.0. The molecule has 1 fully saturated rings. The van der Waals surface area contributed by atoms with Crippen molar-refractivity contribution in [2.24, 2.45) is 11.1 Å². The average Bonchev–Trinajstić information content (AvgIpc) is 3.18. The molecule has 0 spiro atoms. The maximum atomic E-state index is 12.2. The van der Waals surface area contributed by atoms with Crippen molar-refractivity contribution in [2.75, 3.05) is 27.2 Å². The molecular formula is C14H20N2O2. The molecule has 0 bridgehead atoms. The van der Waals surface area contributed by atoms with E-state index in [1.54, 1.807) is 36.3 Å². The van der Waals surface area contributed by atoms with Gasteiger partial charge in [0, 0.05) is 24.6 Å². The third kappa shape index (κ3) is 2.64. The Kier molecular flexibility index (Phi) is 3.57. The van der Waals surface area contributed by atoms with Crippen molar-refractivity contribution in [1.82, 2.24) is 4.90 Å². The molecule has 1 aliphatic rings. The van der Waals surface area contributed by atoms with E-state index in [1.807, 2.05) is 7.05 Å². The molecule has 1 saturated carbocycles. The zero-order chi connectivity index (χ0) is 13.2. The number of carbonyl (C=O) groups is 1. The van der Waals surface area contributed by atoms with Crippen molar-refractivity contribution in [2.45, 2.75) is 12.8 Å². The minimum absolute atomic E-state index is 0.0392. The molecule has 1 aromatic carbocycles. The van der Waals surface area contributed by atoms with Crippen LogP contribution in [0.5, 0.6) is 5.75 Å². The second kappa shape index (κ2) is 4.98. The summed E-state index contributed by atoms with van der Waals surface area (Å²) in [6, 6.07) is 7.19. The van der Waals surface area contributed by atoms with Crippen molar-refractivity contribution < 1.29 is 9.53 Å². The minimum Gasteiger partial charge on any atom is -0.497 e. The number of nitrogens with two attached hydrogens (primary N) is 1. The average molecular weight is 248 g/mol. The Labute approximate surface area is 108 Å². The Balaban J connectivity index is 2.01. The Bertz CT molecular complexity index is 424. The van der Waals surface area contributed by atoms with Crippen molar-refractivity contribution >= 4 is 5.91 Å². The highest BCUT2D eigenvalue weighted by Gasteiger charge is 2.42. The van der Waals surface area contributed by atoms with Gasteiger partial charge >= 0.3 is 0 Å². The summed E-state index contributed by atoms with van der Waals surface area (Å²) in [4.78, 5) is 14.0. The summed E-state index contributed by atoms with van der Waals surface area (Å²) in [6.45, 7) is 1.40. The molecule has 1 amide bonds. The van der Waals surface area contributed by atoms with Gasteiger partial charge in [-0.15, -0.1) is 0 Å². The van der Waals surface area contributed by atoms with Gasteiger partial charge in [0.1, 0.15) is 5.75 Å². The Morgan fingerprint density at radius 3 is 2.44 bits per heavy atom. The number of hydrogen-bond donors (Lipinski definition) is 1. The SMILES string of the molecule is COc1ccc(C(=O)N(C)CC2(CN)CC2)cc1. The van der Waals surface area contributed by atoms with Crippen molar-refractivity contribution in [3.8, 4) is 5.75 Å². The van der Waals surface area contributed by atoms with Gasteiger partial charge in [0.25, 0.3) is 5.91 Å². The molecular weight excluding hydrogens is 228 g/mol. The first kappa shape index (κ1) is 12.9. The molecule has 1 aromatic rings. The molecule has 4 heteroatoms. The van der Waals surface area contributed by atoms with Gasteiger partial charge in [-0.3, -0.25) is 4.79 Å². The van der Waals surface area contributed by atoms with E-state index in [0.29, 0.717) is 12.1 Å². The van der Waals surface area contributed by atoms with Crippen LogP contribution in [-0.4, -0.2) is 38.1 Å². The van der Waals surface area contributed by atoms with Crippen LogP contribution in [0.1, 0.15) is 23.2 Å². The van der Waals surface area contributed by atoms with Crippen LogP contribution in [0.25, 0.3) is 0 Å². The lowest BCUT2D eigenvalue weighted by molar-refractivity contribution is 0.0766. The number of nitrogens with zero attached hydrogens (tertiary/aromatic N) is 1. The lowest BCUT2D eigenvalue weighted by Crippen LogP contribution is -2.35. The van der Waals surface area contributed by atoms with E-state index in [4.69, 9.17) is 10.5 Å². The molecule has 0 saturated heterocycles. The van der Waals surface area contributed by atoms with E-state index >= 15 is 0 Å². The largest absolute Gasteiger partial charge is 0.497 e. The van der Waals surface area contributed by atoms with E-state index in [1.165, 1.54) is 0 Å². The Morgan fingerprint density at radius 1 is 1.39 bits per heavy atom. The number of methoxy groups -OCH3 is 1. The van der Waals surface area contributed by atoms with E-state index in [9.17, 15) is 4.79 Å². The number of rotatable bonds is 5. The highest BCUT2D eigenvalue weighted by atomic mass is 16.5.